The third kappa shape index (κ3) is 3.00. The largest absolute Gasteiger partial charge is 0.290 e. The first-order valence-corrected chi connectivity index (χ1v) is 3.05. The second-order valence-electron chi connectivity index (χ2n) is 1.37. The molecule has 0 aromatic heterocycles. The van der Waals surface area contributed by atoms with E-state index < -0.39 is 6.30 Å². The zero-order valence-corrected chi connectivity index (χ0v) is 6.00. The van der Waals surface area contributed by atoms with Gasteiger partial charge in [-0.25, -0.2) is 4.39 Å². The van der Waals surface area contributed by atoms with Crippen molar-refractivity contribution in [2.24, 2.45) is 0 Å². The lowest BCUT2D eigenvalue weighted by molar-refractivity contribution is 0.293. The van der Waals surface area contributed by atoms with Crippen molar-refractivity contribution in [3.8, 4) is 0 Å². The van der Waals surface area contributed by atoms with E-state index in [9.17, 15) is 4.39 Å². The number of halogens is 2. The van der Waals surface area contributed by atoms with Crippen LogP contribution in [0, 0.1) is 0 Å². The lowest BCUT2D eigenvalue weighted by atomic mass is 10.4. The van der Waals surface area contributed by atoms with Gasteiger partial charge in [-0.05, 0) is 14.0 Å². The molecule has 0 radical (unpaired) electrons. The van der Waals surface area contributed by atoms with E-state index in [4.69, 9.17) is 0 Å². The van der Waals surface area contributed by atoms with Crippen LogP contribution in [0.3, 0.4) is 0 Å². The van der Waals surface area contributed by atoms with Crippen molar-refractivity contribution in [1.82, 2.24) is 5.32 Å². The third-order valence-electron chi connectivity index (χ3n) is 0.679. The van der Waals surface area contributed by atoms with Crippen molar-refractivity contribution in [2.45, 2.75) is 18.0 Å². The number of hydrogen-bond donors (Lipinski definition) is 1. The number of alkyl halides is 2. The summed E-state index contributed by atoms with van der Waals surface area (Å²) < 4.78 is 12.1. The molecule has 44 valence electrons. The highest BCUT2D eigenvalue weighted by atomic mass is 79.9. The summed E-state index contributed by atoms with van der Waals surface area (Å²) in [5.41, 5.74) is 0. The Morgan fingerprint density at radius 3 is 2.14 bits per heavy atom. The van der Waals surface area contributed by atoms with Crippen LogP contribution in [0.15, 0.2) is 0 Å². The van der Waals surface area contributed by atoms with E-state index in [0.29, 0.717) is 0 Å². The molecule has 0 spiro atoms. The van der Waals surface area contributed by atoms with Gasteiger partial charge in [-0.3, -0.25) is 5.32 Å². The van der Waals surface area contributed by atoms with E-state index in [1.807, 2.05) is 0 Å². The van der Waals surface area contributed by atoms with Crippen molar-refractivity contribution >= 4 is 15.9 Å². The average molecular weight is 170 g/mol. The van der Waals surface area contributed by atoms with Crippen LogP contribution in [0.1, 0.15) is 6.92 Å². The van der Waals surface area contributed by atoms with E-state index in [-0.39, 0.29) is 4.83 Å². The third-order valence-corrected chi connectivity index (χ3v) is 1.14. The van der Waals surface area contributed by atoms with Crippen molar-refractivity contribution in [3.05, 3.63) is 0 Å². The second kappa shape index (κ2) is 3.38. The molecule has 0 saturated heterocycles. The fourth-order valence-corrected chi connectivity index (χ4v) is 0.494. The summed E-state index contributed by atoms with van der Waals surface area (Å²) in [5, 5.41) is 2.45. The fourth-order valence-electron chi connectivity index (χ4n) is 0.230. The Bertz CT molecular complexity index is 49.0. The average Bonchev–Trinajstić information content (AvgIpc) is 1.65. The van der Waals surface area contributed by atoms with Gasteiger partial charge in [-0.15, -0.1) is 0 Å². The molecule has 0 rings (SSSR count). The van der Waals surface area contributed by atoms with Crippen LogP contribution >= 0.6 is 15.9 Å². The maximum absolute atomic E-state index is 12.1. The number of nitrogens with one attached hydrogen (secondary N) is 1. The quantitative estimate of drug-likeness (QED) is 0.486. The van der Waals surface area contributed by atoms with E-state index in [1.165, 1.54) is 0 Å². The first kappa shape index (κ1) is 7.37. The van der Waals surface area contributed by atoms with E-state index >= 15 is 0 Å². The highest BCUT2D eigenvalue weighted by Crippen LogP contribution is 2.03. The molecule has 0 aromatic rings. The van der Waals surface area contributed by atoms with Gasteiger partial charge in [0.15, 0.2) is 6.30 Å². The number of hydrogen-bond acceptors (Lipinski definition) is 1. The molecule has 0 aliphatic carbocycles. The summed E-state index contributed by atoms with van der Waals surface area (Å²) in [6, 6.07) is 0. The summed E-state index contributed by atoms with van der Waals surface area (Å²) in [4.78, 5) is -0.0995. The molecule has 0 saturated carbocycles. The SMILES string of the molecule is CN[C@H](F)C(C)Br. The Kier molecular flexibility index (Phi) is 3.56. The van der Waals surface area contributed by atoms with Crippen LogP contribution in [0.25, 0.3) is 0 Å². The van der Waals surface area contributed by atoms with Crippen LogP contribution in [-0.4, -0.2) is 18.2 Å². The highest BCUT2D eigenvalue weighted by molar-refractivity contribution is 9.09. The van der Waals surface area contributed by atoms with Crippen molar-refractivity contribution < 1.29 is 4.39 Å². The number of rotatable bonds is 2. The molecule has 0 bridgehead atoms. The van der Waals surface area contributed by atoms with Crippen molar-refractivity contribution in [2.75, 3.05) is 7.05 Å². The molecular weight excluding hydrogens is 161 g/mol. The molecule has 1 unspecified atom stereocenters. The first-order valence-electron chi connectivity index (χ1n) is 2.14. The van der Waals surface area contributed by atoms with E-state index in [2.05, 4.69) is 21.2 Å². The Hall–Kier alpha value is 0.370. The van der Waals surface area contributed by atoms with E-state index in [0.717, 1.165) is 0 Å². The maximum atomic E-state index is 12.1. The Morgan fingerprint density at radius 1 is 1.71 bits per heavy atom. The van der Waals surface area contributed by atoms with Gasteiger partial charge in [0.05, 0.1) is 4.83 Å². The molecule has 0 fully saturated rings. The summed E-state index contributed by atoms with van der Waals surface area (Å²) >= 11 is 3.06. The lowest BCUT2D eigenvalue weighted by Gasteiger charge is -2.06. The van der Waals surface area contributed by atoms with Gasteiger partial charge in [0.25, 0.3) is 0 Å². The molecule has 0 amide bonds. The van der Waals surface area contributed by atoms with Gasteiger partial charge in [-0.2, -0.15) is 0 Å². The zero-order valence-electron chi connectivity index (χ0n) is 4.41. The van der Waals surface area contributed by atoms with Crippen molar-refractivity contribution in [1.29, 1.82) is 0 Å². The normalized spacial score (nSPS) is 18.9. The Balaban J connectivity index is 3.14. The zero-order chi connectivity index (χ0) is 5.86. The summed E-state index contributed by atoms with van der Waals surface area (Å²) in [5.74, 6) is 0. The van der Waals surface area contributed by atoms with Crippen LogP contribution in [0.5, 0.6) is 0 Å². The lowest BCUT2D eigenvalue weighted by Crippen LogP contribution is -2.26. The molecule has 1 N–H and O–H groups in total. The molecular formula is C4H9BrFN. The molecule has 7 heavy (non-hydrogen) atoms. The minimum absolute atomic E-state index is 0.0995. The smallest absolute Gasteiger partial charge is 0.163 e. The Morgan fingerprint density at radius 2 is 2.14 bits per heavy atom. The monoisotopic (exact) mass is 169 g/mol. The highest BCUT2D eigenvalue weighted by Gasteiger charge is 2.07. The molecule has 0 aliphatic rings. The van der Waals surface area contributed by atoms with Gasteiger partial charge in [0, 0.05) is 0 Å². The summed E-state index contributed by atoms with van der Waals surface area (Å²) in [7, 11) is 1.59. The standard InChI is InChI=1S/C4H9BrFN/c1-3(5)4(6)7-2/h3-4,7H,1-2H3/t3?,4-/m0/s1. The maximum Gasteiger partial charge on any atom is 0.163 e. The molecule has 0 aromatic carbocycles. The van der Waals surface area contributed by atoms with Crippen LogP contribution in [-0.2, 0) is 0 Å². The van der Waals surface area contributed by atoms with Crippen LogP contribution in [0.2, 0.25) is 0 Å². The molecule has 0 aliphatic heterocycles. The van der Waals surface area contributed by atoms with Crippen molar-refractivity contribution in [3.63, 3.8) is 0 Å². The van der Waals surface area contributed by atoms with Gasteiger partial charge in [-0.1, -0.05) is 15.9 Å². The predicted octanol–water partition coefficient (Wildman–Crippen LogP) is 1.28. The molecule has 1 nitrogen and oxygen atoms in total. The predicted molar refractivity (Wildman–Crippen MR) is 32.3 cm³/mol. The van der Waals surface area contributed by atoms with Crippen LogP contribution < -0.4 is 5.32 Å². The summed E-state index contributed by atoms with van der Waals surface area (Å²) in [6.07, 6.45) is -0.931. The van der Waals surface area contributed by atoms with Gasteiger partial charge in [0.2, 0.25) is 0 Å². The fraction of sp³-hybridized carbons (Fsp3) is 1.00. The first-order chi connectivity index (χ1) is 3.18. The van der Waals surface area contributed by atoms with Gasteiger partial charge in [0.1, 0.15) is 0 Å². The summed E-state index contributed by atoms with van der Waals surface area (Å²) in [6.45, 7) is 1.75. The minimum Gasteiger partial charge on any atom is -0.290 e. The molecule has 0 heterocycles. The second-order valence-corrected chi connectivity index (χ2v) is 2.81. The van der Waals surface area contributed by atoms with Crippen LogP contribution in [0.4, 0.5) is 4.39 Å². The van der Waals surface area contributed by atoms with Gasteiger partial charge < -0.3 is 0 Å². The molecule has 2 atom stereocenters. The minimum atomic E-state index is -0.931. The molecule has 3 heteroatoms. The Labute approximate surface area is 51.4 Å². The topological polar surface area (TPSA) is 12.0 Å². The van der Waals surface area contributed by atoms with E-state index in [1.54, 1.807) is 14.0 Å². The van der Waals surface area contributed by atoms with Gasteiger partial charge >= 0.3 is 0 Å².